The lowest BCUT2D eigenvalue weighted by atomic mass is 10.5. The van der Waals surface area contributed by atoms with Crippen LogP contribution in [-0.2, 0) is 0 Å². The molecule has 6 heavy (non-hydrogen) atoms. The van der Waals surface area contributed by atoms with Gasteiger partial charge in [0.25, 0.3) is 0 Å². The van der Waals surface area contributed by atoms with Crippen LogP contribution in [0, 0.1) is 0 Å². The number of nitrogens with one attached hydrogen (secondary N) is 1. The van der Waals surface area contributed by atoms with Crippen LogP contribution in [0.5, 0.6) is 0 Å². The summed E-state index contributed by atoms with van der Waals surface area (Å²) in [6, 6.07) is 0. The summed E-state index contributed by atoms with van der Waals surface area (Å²) in [7, 11) is 1.90. The van der Waals surface area contributed by atoms with Crippen molar-refractivity contribution in [1.29, 1.82) is 0 Å². The van der Waals surface area contributed by atoms with Crippen LogP contribution in [0.25, 0.3) is 0 Å². The number of rotatable bonds is 1. The van der Waals surface area contributed by atoms with Crippen molar-refractivity contribution in [1.82, 2.24) is 5.32 Å². The monoisotopic (exact) mass is 86.1 g/mol. The average molecular weight is 86.1 g/mol. The molecule has 1 aliphatic rings. The Kier molecular flexibility index (Phi) is 0.648. The van der Waals surface area contributed by atoms with Crippen molar-refractivity contribution < 1.29 is 0 Å². The van der Waals surface area contributed by atoms with E-state index in [1.165, 1.54) is 0 Å². The molecule has 0 amide bonds. The van der Waals surface area contributed by atoms with Crippen LogP contribution in [-0.4, -0.2) is 12.7 Å². The first-order chi connectivity index (χ1) is 2.77. The number of nitrogens with two attached hydrogens (primary N) is 1. The molecular weight excluding hydrogens is 76.1 g/mol. The van der Waals surface area contributed by atoms with Gasteiger partial charge in [-0.2, -0.15) is 0 Å². The van der Waals surface area contributed by atoms with Crippen molar-refractivity contribution in [2.24, 2.45) is 5.73 Å². The standard InChI is InChI=1S/C4H10N2/c1-6-4(5)2-3-4/h6H,2-3,5H2,1H3. The average Bonchev–Trinajstić information content (AvgIpc) is 2.22. The van der Waals surface area contributed by atoms with Crippen molar-refractivity contribution in [2.45, 2.75) is 18.5 Å². The smallest absolute Gasteiger partial charge is 0.0661 e. The van der Waals surface area contributed by atoms with Gasteiger partial charge in [-0.05, 0) is 19.9 Å². The Hall–Kier alpha value is -0.0800. The van der Waals surface area contributed by atoms with E-state index in [9.17, 15) is 0 Å². The van der Waals surface area contributed by atoms with Gasteiger partial charge in [-0.1, -0.05) is 0 Å². The maximum absolute atomic E-state index is 5.53. The van der Waals surface area contributed by atoms with Gasteiger partial charge in [-0.25, -0.2) is 0 Å². The van der Waals surface area contributed by atoms with E-state index in [-0.39, 0.29) is 5.66 Å². The van der Waals surface area contributed by atoms with E-state index < -0.39 is 0 Å². The summed E-state index contributed by atoms with van der Waals surface area (Å²) in [5.41, 5.74) is 5.58. The Labute approximate surface area is 37.7 Å². The SMILES string of the molecule is CNC1(N)CC1. The zero-order valence-electron chi connectivity index (χ0n) is 3.99. The van der Waals surface area contributed by atoms with E-state index in [1.54, 1.807) is 0 Å². The topological polar surface area (TPSA) is 38.0 Å². The lowest BCUT2D eigenvalue weighted by Gasteiger charge is -2.01. The van der Waals surface area contributed by atoms with Crippen molar-refractivity contribution in [3.63, 3.8) is 0 Å². The highest BCUT2D eigenvalue weighted by Crippen LogP contribution is 2.27. The van der Waals surface area contributed by atoms with E-state index in [4.69, 9.17) is 5.73 Å². The Bertz CT molecular complexity index is 56.6. The third kappa shape index (κ3) is 0.533. The molecule has 0 heterocycles. The number of hydrogen-bond acceptors (Lipinski definition) is 2. The number of hydrogen-bond donors (Lipinski definition) is 2. The van der Waals surface area contributed by atoms with Gasteiger partial charge in [0.1, 0.15) is 0 Å². The first-order valence-corrected chi connectivity index (χ1v) is 2.25. The fourth-order valence-electron chi connectivity index (χ4n) is 0.385. The summed E-state index contributed by atoms with van der Waals surface area (Å²) < 4.78 is 0. The highest BCUT2D eigenvalue weighted by Gasteiger charge is 2.35. The van der Waals surface area contributed by atoms with Crippen LogP contribution >= 0.6 is 0 Å². The fraction of sp³-hybridized carbons (Fsp3) is 1.00. The fourth-order valence-corrected chi connectivity index (χ4v) is 0.385. The molecule has 2 nitrogen and oxygen atoms in total. The molecule has 0 spiro atoms. The van der Waals surface area contributed by atoms with E-state index in [1.807, 2.05) is 7.05 Å². The first-order valence-electron chi connectivity index (χ1n) is 2.25. The minimum absolute atomic E-state index is 0.0417. The minimum Gasteiger partial charge on any atom is -0.313 e. The highest BCUT2D eigenvalue weighted by atomic mass is 15.1. The third-order valence-corrected chi connectivity index (χ3v) is 1.29. The summed E-state index contributed by atoms with van der Waals surface area (Å²) in [6.07, 6.45) is 2.28. The van der Waals surface area contributed by atoms with E-state index in [2.05, 4.69) is 5.32 Å². The second-order valence-corrected chi connectivity index (χ2v) is 1.91. The second-order valence-electron chi connectivity index (χ2n) is 1.91. The Morgan fingerprint density at radius 1 is 1.67 bits per heavy atom. The van der Waals surface area contributed by atoms with E-state index in [0.29, 0.717) is 0 Å². The van der Waals surface area contributed by atoms with Crippen molar-refractivity contribution in [3.8, 4) is 0 Å². The van der Waals surface area contributed by atoms with Gasteiger partial charge in [-0.15, -0.1) is 0 Å². The summed E-state index contributed by atoms with van der Waals surface area (Å²) >= 11 is 0. The normalized spacial score (nSPS) is 27.0. The Balaban J connectivity index is 2.28. The van der Waals surface area contributed by atoms with Gasteiger partial charge in [0.2, 0.25) is 0 Å². The summed E-state index contributed by atoms with van der Waals surface area (Å²) in [4.78, 5) is 0. The minimum atomic E-state index is 0.0417. The lowest BCUT2D eigenvalue weighted by molar-refractivity contribution is 0.577. The summed E-state index contributed by atoms with van der Waals surface area (Å²) in [5.74, 6) is 0. The summed E-state index contributed by atoms with van der Waals surface area (Å²) in [5, 5.41) is 2.99. The molecular formula is C4H10N2. The van der Waals surface area contributed by atoms with E-state index >= 15 is 0 Å². The largest absolute Gasteiger partial charge is 0.313 e. The highest BCUT2D eigenvalue weighted by molar-refractivity contribution is 4.94. The van der Waals surface area contributed by atoms with Crippen molar-refractivity contribution in [2.75, 3.05) is 7.05 Å². The van der Waals surface area contributed by atoms with Gasteiger partial charge >= 0.3 is 0 Å². The molecule has 0 atom stereocenters. The molecule has 1 fully saturated rings. The van der Waals surface area contributed by atoms with Gasteiger partial charge in [0.05, 0.1) is 5.66 Å². The molecule has 0 aromatic carbocycles. The van der Waals surface area contributed by atoms with Crippen LogP contribution in [0.15, 0.2) is 0 Å². The molecule has 0 aromatic rings. The van der Waals surface area contributed by atoms with Crippen LogP contribution < -0.4 is 11.1 Å². The van der Waals surface area contributed by atoms with Gasteiger partial charge < -0.3 is 11.1 Å². The van der Waals surface area contributed by atoms with Crippen molar-refractivity contribution >= 4 is 0 Å². The van der Waals surface area contributed by atoms with E-state index in [0.717, 1.165) is 12.8 Å². The molecule has 1 rings (SSSR count). The molecule has 0 aliphatic heterocycles. The summed E-state index contributed by atoms with van der Waals surface area (Å²) in [6.45, 7) is 0. The van der Waals surface area contributed by atoms with Crippen molar-refractivity contribution in [3.05, 3.63) is 0 Å². The molecule has 2 heteroatoms. The van der Waals surface area contributed by atoms with Crippen LogP contribution in [0.4, 0.5) is 0 Å². The first kappa shape index (κ1) is 4.09. The molecule has 0 saturated heterocycles. The predicted molar refractivity (Wildman–Crippen MR) is 25.2 cm³/mol. The second kappa shape index (κ2) is 0.950. The van der Waals surface area contributed by atoms with Crippen LogP contribution in [0.1, 0.15) is 12.8 Å². The molecule has 36 valence electrons. The zero-order chi connectivity index (χ0) is 4.62. The van der Waals surface area contributed by atoms with Gasteiger partial charge in [0, 0.05) is 0 Å². The molecule has 0 unspecified atom stereocenters. The predicted octanol–water partition coefficient (Wildman–Crippen LogP) is -0.345. The molecule has 0 aromatic heterocycles. The molecule has 0 radical (unpaired) electrons. The molecule has 1 saturated carbocycles. The third-order valence-electron chi connectivity index (χ3n) is 1.29. The molecule has 0 bridgehead atoms. The Morgan fingerprint density at radius 3 is 2.17 bits per heavy atom. The maximum atomic E-state index is 5.53. The van der Waals surface area contributed by atoms with Crippen LogP contribution in [0.2, 0.25) is 0 Å². The Morgan fingerprint density at radius 2 is 2.17 bits per heavy atom. The quantitative estimate of drug-likeness (QED) is 0.428. The maximum Gasteiger partial charge on any atom is 0.0661 e. The van der Waals surface area contributed by atoms with Gasteiger partial charge in [0.15, 0.2) is 0 Å². The molecule has 1 aliphatic carbocycles. The van der Waals surface area contributed by atoms with Gasteiger partial charge in [-0.3, -0.25) is 0 Å². The zero-order valence-corrected chi connectivity index (χ0v) is 3.99. The van der Waals surface area contributed by atoms with Crippen LogP contribution in [0.3, 0.4) is 0 Å². The lowest BCUT2D eigenvalue weighted by Crippen LogP contribution is -2.36. The molecule has 3 N–H and O–H groups in total.